The molecule has 0 bridgehead atoms. The van der Waals surface area contributed by atoms with Crippen molar-refractivity contribution >= 4 is 59.1 Å². The van der Waals surface area contributed by atoms with E-state index in [0.717, 1.165) is 32.1 Å². The maximum Gasteiger partial charge on any atom is 0.328 e. The number of nitrogens with two attached hydrogens (primary N) is 1. The number of unbranched alkanes of at least 4 members (excludes halogenated alkanes) is 7. The van der Waals surface area contributed by atoms with E-state index >= 15 is 0 Å². The van der Waals surface area contributed by atoms with Crippen molar-refractivity contribution in [1.82, 2.24) is 47.0 Å². The highest BCUT2D eigenvalue weighted by Gasteiger charge is 2.42. The van der Waals surface area contributed by atoms with Crippen LogP contribution in [0.3, 0.4) is 0 Å². The van der Waals surface area contributed by atoms with Crippen LogP contribution < -0.4 is 43.0 Å². The molecule has 73 heavy (non-hydrogen) atoms. The summed E-state index contributed by atoms with van der Waals surface area (Å²) >= 11 is 0. The van der Waals surface area contributed by atoms with E-state index in [0.29, 0.717) is 32.1 Å². The number of aliphatic hydroxyl groups is 3. The summed E-state index contributed by atoms with van der Waals surface area (Å²) in [6.45, 7) is 10.7. The van der Waals surface area contributed by atoms with Crippen LogP contribution in [0.2, 0.25) is 0 Å². The van der Waals surface area contributed by atoms with Gasteiger partial charge in [0.15, 0.2) is 0 Å². The Morgan fingerprint density at radius 2 is 1.10 bits per heavy atom. The fourth-order valence-corrected chi connectivity index (χ4v) is 8.80. The van der Waals surface area contributed by atoms with Gasteiger partial charge in [-0.15, -0.1) is 0 Å². The molecule has 2 heterocycles. The molecule has 2 rings (SSSR count). The molecule has 416 valence electrons. The number of likely N-dealkylation sites (tertiary alicyclic amines) is 2. The Bertz CT molecular complexity index is 1850. The molecule has 2 fully saturated rings. The quantitative estimate of drug-likeness (QED) is 0.0335. The topological polar surface area (TPSA) is 368 Å². The Kier molecular flexibility index (Phi) is 28.5. The van der Waals surface area contributed by atoms with Gasteiger partial charge in [-0.2, -0.15) is 0 Å². The van der Waals surface area contributed by atoms with Crippen LogP contribution in [0.25, 0.3) is 0 Å². The SMILES string of the molecule is CCCCCCCCCC(=O)N[C@@H](CC(C)C)C(=O)N[C@H](C(=O)N1CCC[C@H]1C(=O)N[C@H](C(=O)N[C@@H](C)C(=O)N[C@@H](CCCCN)C(=O)N[C@@H](C)C(=O)N1CCC[C@H]1C(=O)N[C@@H](CO)C(=O)O)[C@@H](C)O)[C@@H](C)O. The molecule has 2 aliphatic heterocycles. The highest BCUT2D eigenvalue weighted by Crippen LogP contribution is 2.22. The molecule has 0 spiro atoms. The van der Waals surface area contributed by atoms with E-state index < -0.39 is 126 Å². The van der Waals surface area contributed by atoms with Crippen LogP contribution in [-0.4, -0.2) is 182 Å². The van der Waals surface area contributed by atoms with Crippen LogP contribution in [0.5, 0.6) is 0 Å². The third kappa shape index (κ3) is 21.1. The van der Waals surface area contributed by atoms with Gasteiger partial charge in [0.2, 0.25) is 53.2 Å². The number of carbonyl (C=O) groups is 10. The van der Waals surface area contributed by atoms with Gasteiger partial charge in [-0.25, -0.2) is 4.79 Å². The zero-order valence-corrected chi connectivity index (χ0v) is 43.9. The molecular formula is C49H86N10O14. The Morgan fingerprint density at radius 3 is 1.63 bits per heavy atom. The van der Waals surface area contributed by atoms with E-state index in [4.69, 9.17) is 5.73 Å². The monoisotopic (exact) mass is 1040 g/mol. The molecular weight excluding hydrogens is 953 g/mol. The van der Waals surface area contributed by atoms with E-state index in [9.17, 15) is 68.4 Å². The maximum absolute atomic E-state index is 14.0. The van der Waals surface area contributed by atoms with Crippen molar-refractivity contribution in [3.8, 4) is 0 Å². The van der Waals surface area contributed by atoms with Crippen molar-refractivity contribution < 1.29 is 68.4 Å². The molecule has 9 amide bonds. The Hall–Kier alpha value is -5.46. The van der Waals surface area contributed by atoms with Crippen molar-refractivity contribution in [2.75, 3.05) is 26.2 Å². The average molecular weight is 1040 g/mol. The maximum atomic E-state index is 14.0. The number of rotatable bonds is 33. The predicted octanol–water partition coefficient (Wildman–Crippen LogP) is -1.44. The first-order chi connectivity index (χ1) is 34.5. The molecule has 24 heteroatoms. The van der Waals surface area contributed by atoms with Gasteiger partial charge in [-0.3, -0.25) is 43.2 Å². The largest absolute Gasteiger partial charge is 0.480 e. The summed E-state index contributed by atoms with van der Waals surface area (Å²) in [6.07, 6.45) is 6.70. The highest BCUT2D eigenvalue weighted by atomic mass is 16.4. The molecule has 13 N–H and O–H groups in total. The normalized spacial score (nSPS) is 19.2. The first-order valence-corrected chi connectivity index (χ1v) is 26.1. The second-order valence-corrected chi connectivity index (χ2v) is 19.8. The van der Waals surface area contributed by atoms with Gasteiger partial charge in [0.1, 0.15) is 54.4 Å². The van der Waals surface area contributed by atoms with Gasteiger partial charge >= 0.3 is 5.97 Å². The summed E-state index contributed by atoms with van der Waals surface area (Å²) in [5.74, 6) is -8.09. The minimum atomic E-state index is -1.64. The summed E-state index contributed by atoms with van der Waals surface area (Å²) < 4.78 is 0. The second-order valence-electron chi connectivity index (χ2n) is 19.8. The molecule has 0 unspecified atom stereocenters. The minimum Gasteiger partial charge on any atom is -0.480 e. The Morgan fingerprint density at radius 1 is 0.562 bits per heavy atom. The zero-order valence-electron chi connectivity index (χ0n) is 43.9. The number of aliphatic carboxylic acids is 1. The Balaban J connectivity index is 2.11. The number of hydrogen-bond donors (Lipinski definition) is 12. The average Bonchev–Trinajstić information content (AvgIpc) is 4.04. The smallest absolute Gasteiger partial charge is 0.328 e. The van der Waals surface area contributed by atoms with Crippen molar-refractivity contribution in [1.29, 1.82) is 0 Å². The molecule has 0 saturated carbocycles. The number of nitrogens with one attached hydrogen (secondary N) is 7. The van der Waals surface area contributed by atoms with E-state index in [1.807, 2.05) is 13.8 Å². The van der Waals surface area contributed by atoms with E-state index in [1.54, 1.807) is 0 Å². The highest BCUT2D eigenvalue weighted by molar-refractivity contribution is 5.98. The standard InChI is InChI=1S/C49H86N10O14/c1-8-9-10-11-12-13-14-22-38(63)53-34(26-28(2)3)43(66)57-40(32(7)62)48(71)59-25-18-21-37(59)45(68)56-39(31(6)61)46(69)51-29(4)41(64)54-33(19-15-16-23-50)42(65)52-30(5)47(70)58-24-17-20-36(58)44(67)55-35(27-60)49(72)73/h28-37,39-40,60-62H,8-27,50H2,1-7H3,(H,51,69)(H,52,65)(H,53,63)(H,54,64)(H,55,67)(H,56,68)(H,57,66)(H,72,73)/t29-,30-,31+,32+,33-,34-,35-,36-,37-,39-,40-/m0/s1. The molecule has 2 aliphatic rings. The molecule has 0 aromatic heterocycles. The molecule has 0 aromatic carbocycles. The number of hydrogen-bond acceptors (Lipinski definition) is 14. The van der Waals surface area contributed by atoms with Crippen LogP contribution in [-0.2, 0) is 47.9 Å². The first-order valence-electron chi connectivity index (χ1n) is 26.1. The zero-order chi connectivity index (χ0) is 54.9. The van der Waals surface area contributed by atoms with Gasteiger partial charge in [0.05, 0.1) is 18.8 Å². The van der Waals surface area contributed by atoms with Crippen LogP contribution in [0, 0.1) is 5.92 Å². The lowest BCUT2D eigenvalue weighted by Crippen LogP contribution is -2.62. The molecule has 11 atom stereocenters. The van der Waals surface area contributed by atoms with Gasteiger partial charge in [0.25, 0.3) is 0 Å². The van der Waals surface area contributed by atoms with Crippen molar-refractivity contribution in [3.05, 3.63) is 0 Å². The molecule has 0 aliphatic carbocycles. The van der Waals surface area contributed by atoms with Crippen LogP contribution in [0.4, 0.5) is 0 Å². The summed E-state index contributed by atoms with van der Waals surface area (Å²) in [5, 5.41) is 57.6. The summed E-state index contributed by atoms with van der Waals surface area (Å²) in [7, 11) is 0. The lowest BCUT2D eigenvalue weighted by Gasteiger charge is -2.32. The van der Waals surface area contributed by atoms with Gasteiger partial charge in [0, 0.05) is 19.5 Å². The van der Waals surface area contributed by atoms with Crippen molar-refractivity contribution in [2.45, 2.75) is 218 Å². The summed E-state index contributed by atoms with van der Waals surface area (Å²) in [4.78, 5) is 135. The number of carboxylic acid groups (broad SMARTS) is 1. The van der Waals surface area contributed by atoms with Gasteiger partial charge in [-0.1, -0.05) is 59.3 Å². The summed E-state index contributed by atoms with van der Waals surface area (Å²) in [6, 6.07) is -11.7. The fraction of sp³-hybridized carbons (Fsp3) is 0.796. The fourth-order valence-electron chi connectivity index (χ4n) is 8.80. The van der Waals surface area contributed by atoms with E-state index in [1.165, 1.54) is 43.9 Å². The lowest BCUT2D eigenvalue weighted by atomic mass is 10.0. The lowest BCUT2D eigenvalue weighted by molar-refractivity contribution is -0.145. The molecule has 2 saturated heterocycles. The second kappa shape index (κ2) is 32.7. The minimum absolute atomic E-state index is 0.0153. The van der Waals surface area contributed by atoms with E-state index in [-0.39, 0.29) is 63.6 Å². The molecule has 24 nitrogen and oxygen atoms in total. The third-order valence-electron chi connectivity index (χ3n) is 13.0. The Labute approximate surface area is 429 Å². The molecule has 0 aromatic rings. The van der Waals surface area contributed by atoms with Crippen molar-refractivity contribution in [3.63, 3.8) is 0 Å². The number of amides is 9. The van der Waals surface area contributed by atoms with Crippen LogP contribution >= 0.6 is 0 Å². The van der Waals surface area contributed by atoms with Crippen LogP contribution in [0.15, 0.2) is 0 Å². The number of nitrogens with zero attached hydrogens (tertiary/aromatic N) is 2. The first kappa shape index (κ1) is 63.7. The van der Waals surface area contributed by atoms with Crippen molar-refractivity contribution in [2.24, 2.45) is 11.7 Å². The number of aliphatic hydroxyl groups excluding tert-OH is 3. The van der Waals surface area contributed by atoms with Gasteiger partial charge < -0.3 is 73.2 Å². The molecule has 0 radical (unpaired) electrons. The number of carbonyl (C=O) groups excluding carboxylic acids is 9. The third-order valence-corrected chi connectivity index (χ3v) is 13.0. The summed E-state index contributed by atoms with van der Waals surface area (Å²) in [5.41, 5.74) is 5.66. The van der Waals surface area contributed by atoms with E-state index in [2.05, 4.69) is 44.1 Å². The van der Waals surface area contributed by atoms with Gasteiger partial charge in [-0.05, 0) is 97.9 Å². The predicted molar refractivity (Wildman–Crippen MR) is 267 cm³/mol. The number of carboxylic acids is 1. The van der Waals surface area contributed by atoms with Crippen LogP contribution in [0.1, 0.15) is 151 Å².